The topological polar surface area (TPSA) is 85.2 Å². The number of hydrogen-bond acceptors (Lipinski definition) is 7. The number of nitroso groups, excluding NO2 is 1. The van der Waals surface area contributed by atoms with Gasteiger partial charge >= 0.3 is 5.97 Å². The van der Waals surface area contributed by atoms with E-state index in [0.717, 1.165) is 45.3 Å². The van der Waals surface area contributed by atoms with Gasteiger partial charge in [0.05, 0.1) is 26.4 Å². The molecule has 2 N–H and O–H groups in total. The van der Waals surface area contributed by atoms with Crippen LogP contribution in [0.4, 0.5) is 11.4 Å². The molecule has 1 fully saturated rings. The van der Waals surface area contributed by atoms with Crippen LogP contribution in [-0.2, 0) is 4.79 Å². The lowest BCUT2D eigenvalue weighted by Crippen LogP contribution is -2.45. The Morgan fingerprint density at radius 1 is 1.05 bits per heavy atom. The summed E-state index contributed by atoms with van der Waals surface area (Å²) in [7, 11) is 4.05. The summed E-state index contributed by atoms with van der Waals surface area (Å²) in [5.74, 6) is -1.62. The van der Waals surface area contributed by atoms with Crippen LogP contribution in [0.5, 0.6) is 0 Å². The Bertz CT molecular complexity index is 1030. The lowest BCUT2D eigenvalue weighted by Gasteiger charge is -2.39. The summed E-state index contributed by atoms with van der Waals surface area (Å²) in [6, 6.07) is 12.6. The van der Waals surface area contributed by atoms with Crippen molar-refractivity contribution in [2.75, 3.05) is 45.6 Å². The van der Waals surface area contributed by atoms with Gasteiger partial charge in [-0.25, -0.2) is 0 Å². The number of nitrogens with zero attached hydrogens (tertiary/aromatic N) is 3. The number of carbonyl (C=O) groups is 1. The van der Waals surface area contributed by atoms with Gasteiger partial charge in [0.25, 0.3) is 0 Å². The van der Waals surface area contributed by atoms with Gasteiger partial charge in [-0.1, -0.05) is 66.7 Å². The fraction of sp³-hybridized carbons (Fsp3) is 0.519. The molecule has 2 aromatic carbocycles. The van der Waals surface area contributed by atoms with Gasteiger partial charge in [-0.2, -0.15) is 0 Å². The maximum atomic E-state index is 12.5. The number of carboxylic acid groups (broad SMARTS) is 1. The number of nitrogens with one attached hydrogen (secondary N) is 1. The van der Waals surface area contributed by atoms with Crippen LogP contribution in [-0.4, -0.2) is 65.9 Å². The molecule has 0 spiro atoms. The first-order valence-electron chi connectivity index (χ1n) is 12.7. The first-order valence-corrected chi connectivity index (χ1v) is 14.2. The van der Waals surface area contributed by atoms with Crippen LogP contribution in [0, 0.1) is 4.91 Å². The second-order valence-corrected chi connectivity index (χ2v) is 12.0. The number of aliphatic carboxylic acids is 1. The van der Waals surface area contributed by atoms with Crippen molar-refractivity contribution in [1.82, 2.24) is 9.80 Å². The Morgan fingerprint density at radius 3 is 2.35 bits per heavy atom. The number of para-hydroxylation sites is 2. The molecule has 1 atom stereocenters. The molecule has 0 bridgehead atoms. The highest BCUT2D eigenvalue weighted by atomic mass is 35.5. The third kappa shape index (κ3) is 8.58. The molecule has 0 aromatic heterocycles. The van der Waals surface area contributed by atoms with Gasteiger partial charge in [0.2, 0.25) is 0 Å². The van der Waals surface area contributed by atoms with Gasteiger partial charge in [-0.15, -0.1) is 4.91 Å². The molecule has 0 aliphatic heterocycles. The Hall–Kier alpha value is -1.84. The van der Waals surface area contributed by atoms with Crippen molar-refractivity contribution in [2.24, 2.45) is 4.58 Å². The highest BCUT2D eigenvalue weighted by molar-refractivity contribution is 7.99. The van der Waals surface area contributed by atoms with Gasteiger partial charge in [-0.3, -0.25) is 4.79 Å². The molecule has 1 saturated carbocycles. The average molecular weight is 568 g/mol. The largest absolute Gasteiger partial charge is 0.481 e. The van der Waals surface area contributed by atoms with E-state index >= 15 is 0 Å². The second-order valence-electron chi connectivity index (χ2n) is 9.98. The first-order chi connectivity index (χ1) is 17.7. The molecule has 10 heteroatoms. The minimum Gasteiger partial charge on any atom is -0.481 e. The summed E-state index contributed by atoms with van der Waals surface area (Å²) in [5.41, 5.74) is 1.89. The predicted molar refractivity (Wildman–Crippen MR) is 155 cm³/mol. The third-order valence-electron chi connectivity index (χ3n) is 6.96. The maximum Gasteiger partial charge on any atom is 0.311 e. The standard InChI is InChI=1S/C27H36Cl2N4O3S/c1-32(2)17-18-33(19-27(37-31-36)14-6-3-7-15-27)16-13-21(26(34)35)20-9-4-5-12-24(20)30-25-22(28)10-8-11-23(25)29/h4-5,8-12,21,30H,3,6-7,13-19H2,1-2H3,(H,34,35). The Labute approximate surface area is 234 Å². The number of hydrogen-bond donors (Lipinski definition) is 2. The lowest BCUT2D eigenvalue weighted by molar-refractivity contribution is -0.139. The van der Waals surface area contributed by atoms with Crippen molar-refractivity contribution in [3.8, 4) is 0 Å². The molecule has 1 aliphatic rings. The van der Waals surface area contributed by atoms with Crippen molar-refractivity contribution in [1.29, 1.82) is 0 Å². The summed E-state index contributed by atoms with van der Waals surface area (Å²) < 4.78 is 3.02. The summed E-state index contributed by atoms with van der Waals surface area (Å²) in [4.78, 5) is 28.2. The summed E-state index contributed by atoms with van der Waals surface area (Å²) in [6.45, 7) is 2.94. The second kappa shape index (κ2) is 14.4. The van der Waals surface area contributed by atoms with Crippen molar-refractivity contribution in [2.45, 2.75) is 49.2 Å². The molecule has 0 radical (unpaired) electrons. The van der Waals surface area contributed by atoms with E-state index in [2.05, 4.69) is 19.7 Å². The SMILES string of the molecule is CN(C)CCN(CCC(C(=O)O)c1ccccc1Nc1c(Cl)cccc1Cl)CC1(SN=O)CCCCC1. The van der Waals surface area contributed by atoms with Crippen molar-refractivity contribution < 1.29 is 9.90 Å². The van der Waals surface area contributed by atoms with E-state index in [0.29, 0.717) is 39.9 Å². The average Bonchev–Trinajstić information content (AvgIpc) is 2.86. The zero-order chi connectivity index (χ0) is 26.8. The monoisotopic (exact) mass is 566 g/mol. The Morgan fingerprint density at radius 2 is 1.73 bits per heavy atom. The number of rotatable bonds is 14. The lowest BCUT2D eigenvalue weighted by atomic mass is 9.87. The fourth-order valence-corrected chi connectivity index (χ4v) is 6.32. The van der Waals surface area contributed by atoms with Gasteiger partial charge in [-0.05, 0) is 63.7 Å². The van der Waals surface area contributed by atoms with Crippen molar-refractivity contribution in [3.63, 3.8) is 0 Å². The quantitative estimate of drug-likeness (QED) is 0.183. The van der Waals surface area contributed by atoms with E-state index in [-0.39, 0.29) is 4.75 Å². The van der Waals surface area contributed by atoms with Crippen LogP contribution in [0.2, 0.25) is 10.0 Å². The van der Waals surface area contributed by atoms with Crippen LogP contribution in [0.3, 0.4) is 0 Å². The van der Waals surface area contributed by atoms with Crippen LogP contribution >= 0.6 is 35.1 Å². The third-order valence-corrected chi connectivity index (χ3v) is 8.59. The summed E-state index contributed by atoms with van der Waals surface area (Å²) >= 11 is 13.9. The highest BCUT2D eigenvalue weighted by Gasteiger charge is 2.36. The molecular weight excluding hydrogens is 531 g/mol. The van der Waals surface area contributed by atoms with Gasteiger partial charge in [0.1, 0.15) is 0 Å². The van der Waals surface area contributed by atoms with E-state index in [4.69, 9.17) is 23.2 Å². The molecular formula is C27H36Cl2N4O3S. The Balaban J connectivity index is 1.82. The van der Waals surface area contributed by atoms with E-state index in [1.54, 1.807) is 18.2 Å². The van der Waals surface area contributed by atoms with Crippen molar-refractivity contribution in [3.05, 3.63) is 63.0 Å². The van der Waals surface area contributed by atoms with E-state index in [1.165, 1.54) is 18.4 Å². The molecule has 202 valence electrons. The number of anilines is 2. The summed E-state index contributed by atoms with van der Waals surface area (Å²) in [5, 5.41) is 14.4. The van der Waals surface area contributed by atoms with E-state index < -0.39 is 11.9 Å². The minimum atomic E-state index is -0.886. The molecule has 1 unspecified atom stereocenters. The number of likely N-dealkylation sites (N-methyl/N-ethyl adjacent to an activating group) is 1. The predicted octanol–water partition coefficient (Wildman–Crippen LogP) is 7.28. The zero-order valence-electron chi connectivity index (χ0n) is 21.5. The smallest absolute Gasteiger partial charge is 0.311 e. The van der Waals surface area contributed by atoms with Gasteiger partial charge in [0, 0.05) is 41.9 Å². The van der Waals surface area contributed by atoms with Crippen LogP contribution in [0.1, 0.15) is 50.0 Å². The molecule has 1 aliphatic carbocycles. The molecule has 3 rings (SSSR count). The first kappa shape index (κ1) is 29.7. The van der Waals surface area contributed by atoms with Crippen molar-refractivity contribution >= 4 is 52.5 Å². The zero-order valence-corrected chi connectivity index (χ0v) is 23.8. The normalized spacial score (nSPS) is 16.1. The van der Waals surface area contributed by atoms with Crippen LogP contribution in [0.25, 0.3) is 0 Å². The molecule has 37 heavy (non-hydrogen) atoms. The fourth-order valence-electron chi connectivity index (χ4n) is 4.96. The molecule has 0 amide bonds. The number of benzene rings is 2. The van der Waals surface area contributed by atoms with Crippen LogP contribution < -0.4 is 5.32 Å². The van der Waals surface area contributed by atoms with E-state index in [1.807, 2.05) is 38.4 Å². The van der Waals surface area contributed by atoms with Gasteiger partial charge < -0.3 is 20.2 Å². The Kier molecular flexibility index (Phi) is 11.5. The number of halogens is 2. The molecule has 0 heterocycles. The van der Waals surface area contributed by atoms with Crippen LogP contribution in [0.15, 0.2) is 47.0 Å². The molecule has 0 saturated heterocycles. The summed E-state index contributed by atoms with van der Waals surface area (Å²) in [6.07, 6.45) is 5.69. The molecule has 7 nitrogen and oxygen atoms in total. The van der Waals surface area contributed by atoms with Gasteiger partial charge in [0.15, 0.2) is 0 Å². The highest BCUT2D eigenvalue weighted by Crippen LogP contribution is 2.41. The van der Waals surface area contributed by atoms with E-state index in [9.17, 15) is 14.8 Å². The minimum absolute atomic E-state index is 0.203. The maximum absolute atomic E-state index is 12.5. The molecule has 2 aromatic rings. The number of carboxylic acids is 1.